The maximum absolute atomic E-state index is 10.6. The summed E-state index contributed by atoms with van der Waals surface area (Å²) in [5, 5.41) is 0. The fraction of sp³-hybridized carbons (Fsp3) is 0.625. The van der Waals surface area contributed by atoms with Crippen molar-refractivity contribution >= 4 is 13.4 Å². The number of carbonyl (C=O) groups is 1. The molecule has 0 saturated heterocycles. The molecule has 0 heterocycles. The van der Waals surface area contributed by atoms with Crippen molar-refractivity contribution in [3.63, 3.8) is 0 Å². The first kappa shape index (κ1) is 16.0. The van der Waals surface area contributed by atoms with E-state index in [-0.39, 0.29) is 5.78 Å². The van der Waals surface area contributed by atoms with Gasteiger partial charge in [0.15, 0.2) is 5.78 Å². The lowest BCUT2D eigenvalue weighted by atomic mass is 10.3. The minimum Gasteiger partial charge on any atom is -0.325 e. The van der Waals surface area contributed by atoms with Crippen LogP contribution in [0.25, 0.3) is 0 Å². The summed E-state index contributed by atoms with van der Waals surface area (Å²) in [6.45, 7) is 5.04. The van der Waals surface area contributed by atoms with Crippen LogP contribution in [0.3, 0.4) is 0 Å². The Balaban J connectivity index is 0. The molecule has 0 aliphatic rings. The molecule has 0 aliphatic heterocycles. The third-order valence-electron chi connectivity index (χ3n) is 1.03. The normalized spacial score (nSPS) is 10.4. The number of hydrogen-bond acceptors (Lipinski definition) is 3. The van der Waals surface area contributed by atoms with Crippen molar-refractivity contribution in [3.8, 4) is 0 Å². The van der Waals surface area contributed by atoms with E-state index in [0.717, 1.165) is 13.2 Å². The lowest BCUT2D eigenvalue weighted by Crippen LogP contribution is -2.15. The van der Waals surface area contributed by atoms with Crippen molar-refractivity contribution in [1.29, 1.82) is 0 Å². The van der Waals surface area contributed by atoms with Gasteiger partial charge in [0.25, 0.3) is 0 Å². The Morgan fingerprint density at radius 2 is 1.86 bits per heavy atom. The maximum atomic E-state index is 10.6. The molecule has 0 amide bonds. The van der Waals surface area contributed by atoms with Crippen LogP contribution in [0.2, 0.25) is 0 Å². The van der Waals surface area contributed by atoms with Gasteiger partial charge in [0, 0.05) is 19.6 Å². The molecule has 0 aromatic carbocycles. The summed E-state index contributed by atoms with van der Waals surface area (Å²) in [7, 11) is 0.243. The topological polar surface area (TPSA) is 77.8 Å². The maximum Gasteiger partial charge on any atom is 0.322 e. The highest BCUT2D eigenvalue weighted by molar-refractivity contribution is 7.50. The van der Waals surface area contributed by atoms with Gasteiger partial charge in [0.05, 0.1) is 0 Å². The first-order chi connectivity index (χ1) is 6.16. The molecule has 0 spiro atoms. The lowest BCUT2D eigenvalue weighted by Gasteiger charge is -2.05. The van der Waals surface area contributed by atoms with Crippen LogP contribution in [0.1, 0.15) is 6.42 Å². The van der Waals surface area contributed by atoms with Gasteiger partial charge < -0.3 is 14.7 Å². The van der Waals surface area contributed by atoms with Crippen LogP contribution in [0.5, 0.6) is 0 Å². The van der Waals surface area contributed by atoms with Crippen LogP contribution in [0.15, 0.2) is 12.7 Å². The highest BCUT2D eigenvalue weighted by atomic mass is 31.2. The molecule has 2 N–H and O–H groups in total. The molecular weight excluding hydrogens is 205 g/mol. The molecule has 0 unspecified atom stereocenters. The number of ketones is 1. The second-order valence-corrected chi connectivity index (χ2v) is 4.73. The van der Waals surface area contributed by atoms with Crippen LogP contribution >= 0.6 is 7.60 Å². The third kappa shape index (κ3) is 30.0. The Labute approximate surface area is 84.6 Å². The fourth-order valence-corrected chi connectivity index (χ4v) is 0.436. The van der Waals surface area contributed by atoms with Gasteiger partial charge in [-0.1, -0.05) is 6.58 Å². The van der Waals surface area contributed by atoms with Gasteiger partial charge >= 0.3 is 7.60 Å². The highest BCUT2D eigenvalue weighted by Crippen LogP contribution is 2.26. The Morgan fingerprint density at radius 3 is 2.07 bits per heavy atom. The van der Waals surface area contributed by atoms with E-state index in [1.54, 1.807) is 0 Å². The Morgan fingerprint density at radius 1 is 1.50 bits per heavy atom. The fourth-order valence-electron chi connectivity index (χ4n) is 0.436. The minimum atomic E-state index is -3.64. The Kier molecular flexibility index (Phi) is 8.99. The average molecular weight is 223 g/mol. The highest BCUT2D eigenvalue weighted by Gasteiger charge is 1.95. The minimum absolute atomic E-state index is 0.115. The SMILES string of the molecule is C=CC(=O)CCN(C)C.CP(=O)(O)O. The molecule has 6 heteroatoms. The number of rotatable bonds is 4. The van der Waals surface area contributed by atoms with Crippen LogP contribution in [0.4, 0.5) is 0 Å². The predicted octanol–water partition coefficient (Wildman–Crippen LogP) is 0.487. The number of nitrogens with zero attached hydrogens (tertiary/aromatic N) is 1. The van der Waals surface area contributed by atoms with Crippen molar-refractivity contribution in [3.05, 3.63) is 12.7 Å². The van der Waals surface area contributed by atoms with Crippen molar-refractivity contribution in [2.45, 2.75) is 6.42 Å². The van der Waals surface area contributed by atoms with Crippen molar-refractivity contribution < 1.29 is 19.1 Å². The molecule has 0 radical (unpaired) electrons. The number of allylic oxidation sites excluding steroid dienone is 1. The van der Waals surface area contributed by atoms with E-state index in [9.17, 15) is 9.36 Å². The van der Waals surface area contributed by atoms with Crippen LogP contribution in [-0.4, -0.2) is 47.8 Å². The van der Waals surface area contributed by atoms with Crippen LogP contribution < -0.4 is 0 Å². The van der Waals surface area contributed by atoms with E-state index in [0.29, 0.717) is 6.42 Å². The largest absolute Gasteiger partial charge is 0.325 e. The van der Waals surface area contributed by atoms with E-state index in [2.05, 4.69) is 6.58 Å². The molecule has 0 aromatic rings. The molecule has 0 saturated carbocycles. The van der Waals surface area contributed by atoms with Gasteiger partial charge in [-0.3, -0.25) is 9.36 Å². The summed E-state index contributed by atoms with van der Waals surface area (Å²) >= 11 is 0. The molecular formula is C8H18NO4P. The van der Waals surface area contributed by atoms with Gasteiger partial charge in [0.2, 0.25) is 0 Å². The van der Waals surface area contributed by atoms with E-state index >= 15 is 0 Å². The molecule has 0 aromatic heterocycles. The Bertz CT molecular complexity index is 213. The van der Waals surface area contributed by atoms with Gasteiger partial charge in [-0.2, -0.15) is 0 Å². The summed E-state index contributed by atoms with van der Waals surface area (Å²) in [6.07, 6.45) is 1.94. The monoisotopic (exact) mass is 223 g/mol. The van der Waals surface area contributed by atoms with Gasteiger partial charge in [-0.25, -0.2) is 0 Å². The van der Waals surface area contributed by atoms with E-state index in [4.69, 9.17) is 9.79 Å². The Hall–Kier alpha value is -0.480. The molecule has 0 fully saturated rings. The molecule has 14 heavy (non-hydrogen) atoms. The smallest absolute Gasteiger partial charge is 0.322 e. The first-order valence-corrected chi connectivity index (χ1v) is 6.05. The van der Waals surface area contributed by atoms with E-state index < -0.39 is 7.60 Å². The van der Waals surface area contributed by atoms with E-state index in [1.165, 1.54) is 6.08 Å². The molecule has 84 valence electrons. The third-order valence-corrected chi connectivity index (χ3v) is 1.03. The zero-order chi connectivity index (χ0) is 11.8. The van der Waals surface area contributed by atoms with Crippen LogP contribution in [0, 0.1) is 0 Å². The molecule has 0 rings (SSSR count). The van der Waals surface area contributed by atoms with Crippen molar-refractivity contribution in [2.24, 2.45) is 0 Å². The quantitative estimate of drug-likeness (QED) is 0.535. The molecule has 0 aliphatic carbocycles. The van der Waals surface area contributed by atoms with Gasteiger partial charge in [-0.15, -0.1) is 0 Å². The summed E-state index contributed by atoms with van der Waals surface area (Å²) < 4.78 is 9.33. The zero-order valence-corrected chi connectivity index (χ0v) is 9.70. The number of hydrogen-bond donors (Lipinski definition) is 2. The van der Waals surface area contributed by atoms with Gasteiger partial charge in [-0.05, 0) is 20.2 Å². The second kappa shape index (κ2) is 7.88. The zero-order valence-electron chi connectivity index (χ0n) is 8.80. The standard InChI is InChI=1S/C7H13NO.CH5O3P/c1-4-7(9)5-6-8(2)3;1-5(2,3)4/h4H,1,5-6H2,2-3H3;1H3,(H2,2,3,4). The summed E-state index contributed by atoms with van der Waals surface area (Å²) in [6, 6.07) is 0. The predicted molar refractivity (Wildman–Crippen MR) is 56.3 cm³/mol. The first-order valence-electron chi connectivity index (χ1n) is 4.00. The molecule has 0 atom stereocenters. The van der Waals surface area contributed by atoms with E-state index in [1.807, 2.05) is 19.0 Å². The average Bonchev–Trinajstić information content (AvgIpc) is 1.96. The van der Waals surface area contributed by atoms with Gasteiger partial charge in [0.1, 0.15) is 0 Å². The second-order valence-electron chi connectivity index (χ2n) is 3.06. The molecule has 5 nitrogen and oxygen atoms in total. The summed E-state index contributed by atoms with van der Waals surface area (Å²) in [5.41, 5.74) is 0. The van der Waals surface area contributed by atoms with Crippen LogP contribution in [-0.2, 0) is 9.36 Å². The van der Waals surface area contributed by atoms with Crippen molar-refractivity contribution in [2.75, 3.05) is 27.3 Å². The molecule has 0 bridgehead atoms. The van der Waals surface area contributed by atoms with Crippen molar-refractivity contribution in [1.82, 2.24) is 4.90 Å². The lowest BCUT2D eigenvalue weighted by molar-refractivity contribution is -0.114. The summed E-state index contributed by atoms with van der Waals surface area (Å²) in [4.78, 5) is 27.8. The summed E-state index contributed by atoms with van der Waals surface area (Å²) in [5.74, 6) is 0.115. The number of carbonyl (C=O) groups excluding carboxylic acids is 1.